The fraction of sp³-hybridized carbons (Fsp3) is 0.636. The highest BCUT2D eigenvalue weighted by molar-refractivity contribution is 6.30. The molecular weight excluding hydrogens is 210 g/mol. The van der Waals surface area contributed by atoms with Crippen molar-refractivity contribution in [2.75, 3.05) is 11.9 Å². The fourth-order valence-electron chi connectivity index (χ4n) is 1.43. The Bertz CT molecular complexity index is 361. The van der Waals surface area contributed by atoms with Crippen LogP contribution in [-0.2, 0) is 6.42 Å². The van der Waals surface area contributed by atoms with Crippen molar-refractivity contribution in [3.05, 3.63) is 16.5 Å². The summed E-state index contributed by atoms with van der Waals surface area (Å²) in [6.07, 6.45) is 3.50. The Labute approximate surface area is 95.3 Å². The molecular formula is C11H16ClN3. The maximum Gasteiger partial charge on any atom is 0.137 e. The zero-order valence-corrected chi connectivity index (χ0v) is 9.93. The molecule has 1 heterocycles. The van der Waals surface area contributed by atoms with Crippen LogP contribution in [0.1, 0.15) is 31.2 Å². The van der Waals surface area contributed by atoms with Crippen LogP contribution in [0.3, 0.4) is 0 Å². The number of halogens is 1. The van der Waals surface area contributed by atoms with Crippen LogP contribution >= 0.6 is 11.6 Å². The smallest absolute Gasteiger partial charge is 0.137 e. The van der Waals surface area contributed by atoms with Gasteiger partial charge in [-0.3, -0.25) is 0 Å². The predicted molar refractivity (Wildman–Crippen MR) is 62.4 cm³/mol. The SMILES string of the molecule is CCc1nc(Cl)c(C)c(NCC2CC2)n1. The first-order chi connectivity index (χ1) is 7.20. The third-order valence-electron chi connectivity index (χ3n) is 2.70. The molecule has 0 atom stereocenters. The molecule has 1 aromatic rings. The molecule has 0 bridgehead atoms. The van der Waals surface area contributed by atoms with Crippen LogP contribution in [0.5, 0.6) is 0 Å². The van der Waals surface area contributed by atoms with Gasteiger partial charge in [0.05, 0.1) is 0 Å². The van der Waals surface area contributed by atoms with E-state index >= 15 is 0 Å². The standard InChI is InChI=1S/C11H16ClN3/c1-3-9-14-10(12)7(2)11(15-9)13-6-8-4-5-8/h8H,3-6H2,1-2H3,(H,13,14,15). The maximum atomic E-state index is 6.04. The summed E-state index contributed by atoms with van der Waals surface area (Å²) in [4.78, 5) is 8.65. The van der Waals surface area contributed by atoms with E-state index in [4.69, 9.17) is 11.6 Å². The van der Waals surface area contributed by atoms with Gasteiger partial charge in [0.15, 0.2) is 0 Å². The molecule has 0 radical (unpaired) electrons. The van der Waals surface area contributed by atoms with E-state index in [1.54, 1.807) is 0 Å². The van der Waals surface area contributed by atoms with E-state index in [-0.39, 0.29) is 0 Å². The Morgan fingerprint density at radius 3 is 2.73 bits per heavy atom. The van der Waals surface area contributed by atoms with Gasteiger partial charge in [-0.1, -0.05) is 18.5 Å². The van der Waals surface area contributed by atoms with Crippen molar-refractivity contribution in [1.29, 1.82) is 0 Å². The predicted octanol–water partition coefficient (Wildman–Crippen LogP) is 2.82. The number of hydrogen-bond donors (Lipinski definition) is 1. The van der Waals surface area contributed by atoms with Crippen molar-refractivity contribution < 1.29 is 0 Å². The van der Waals surface area contributed by atoms with Crippen molar-refractivity contribution in [1.82, 2.24) is 9.97 Å². The number of hydrogen-bond acceptors (Lipinski definition) is 3. The minimum atomic E-state index is 0.570. The van der Waals surface area contributed by atoms with Crippen LogP contribution in [0.2, 0.25) is 5.15 Å². The molecule has 2 rings (SSSR count). The van der Waals surface area contributed by atoms with Gasteiger partial charge in [-0.25, -0.2) is 9.97 Å². The average Bonchev–Trinajstić information content (AvgIpc) is 3.03. The molecule has 0 saturated heterocycles. The Morgan fingerprint density at radius 2 is 2.13 bits per heavy atom. The van der Waals surface area contributed by atoms with E-state index in [0.717, 1.165) is 36.1 Å². The van der Waals surface area contributed by atoms with Crippen molar-refractivity contribution in [2.24, 2.45) is 5.92 Å². The van der Waals surface area contributed by atoms with Gasteiger partial charge in [0, 0.05) is 18.5 Å². The molecule has 4 heteroatoms. The van der Waals surface area contributed by atoms with Gasteiger partial charge in [-0.2, -0.15) is 0 Å². The lowest BCUT2D eigenvalue weighted by molar-refractivity contribution is 0.864. The summed E-state index contributed by atoms with van der Waals surface area (Å²) in [5, 5.41) is 3.92. The van der Waals surface area contributed by atoms with E-state index in [9.17, 15) is 0 Å². The van der Waals surface area contributed by atoms with Gasteiger partial charge in [0.2, 0.25) is 0 Å². The highest BCUT2D eigenvalue weighted by Crippen LogP contribution is 2.29. The topological polar surface area (TPSA) is 37.8 Å². The average molecular weight is 226 g/mol. The van der Waals surface area contributed by atoms with Crippen LogP contribution in [0.4, 0.5) is 5.82 Å². The quantitative estimate of drug-likeness (QED) is 0.801. The Morgan fingerprint density at radius 1 is 1.40 bits per heavy atom. The summed E-state index contributed by atoms with van der Waals surface area (Å²) in [5.74, 6) is 2.55. The number of aromatic nitrogens is 2. The molecule has 1 saturated carbocycles. The molecule has 0 aliphatic heterocycles. The van der Waals surface area contributed by atoms with Gasteiger partial charge in [-0.15, -0.1) is 0 Å². The van der Waals surface area contributed by atoms with Crippen molar-refractivity contribution in [2.45, 2.75) is 33.1 Å². The fourth-order valence-corrected chi connectivity index (χ4v) is 1.61. The normalized spacial score (nSPS) is 15.4. The minimum Gasteiger partial charge on any atom is -0.369 e. The van der Waals surface area contributed by atoms with Crippen LogP contribution in [0, 0.1) is 12.8 Å². The summed E-state index contributed by atoms with van der Waals surface area (Å²) in [6.45, 7) is 5.00. The summed E-state index contributed by atoms with van der Waals surface area (Å²) < 4.78 is 0. The second-order valence-electron chi connectivity index (χ2n) is 4.08. The first-order valence-electron chi connectivity index (χ1n) is 5.47. The molecule has 0 aromatic carbocycles. The maximum absolute atomic E-state index is 6.04. The van der Waals surface area contributed by atoms with Gasteiger partial charge in [0.1, 0.15) is 16.8 Å². The lowest BCUT2D eigenvalue weighted by Crippen LogP contribution is -2.09. The molecule has 1 aliphatic rings. The first kappa shape index (κ1) is 10.7. The number of nitrogens with zero attached hydrogens (tertiary/aromatic N) is 2. The summed E-state index contributed by atoms with van der Waals surface area (Å²) in [5.41, 5.74) is 0.953. The molecule has 1 fully saturated rings. The molecule has 0 amide bonds. The summed E-state index contributed by atoms with van der Waals surface area (Å²) >= 11 is 6.04. The lowest BCUT2D eigenvalue weighted by atomic mass is 10.3. The van der Waals surface area contributed by atoms with Crippen molar-refractivity contribution >= 4 is 17.4 Å². The van der Waals surface area contributed by atoms with Crippen molar-refractivity contribution in [3.8, 4) is 0 Å². The highest BCUT2D eigenvalue weighted by Gasteiger charge is 2.21. The molecule has 1 aromatic heterocycles. The minimum absolute atomic E-state index is 0.570. The van der Waals surface area contributed by atoms with Crippen LogP contribution in [0.15, 0.2) is 0 Å². The molecule has 0 spiro atoms. The van der Waals surface area contributed by atoms with Crippen LogP contribution in [0.25, 0.3) is 0 Å². The van der Waals surface area contributed by atoms with Gasteiger partial charge >= 0.3 is 0 Å². The summed E-state index contributed by atoms with van der Waals surface area (Å²) in [6, 6.07) is 0. The largest absolute Gasteiger partial charge is 0.369 e. The van der Waals surface area contributed by atoms with E-state index in [1.807, 2.05) is 13.8 Å². The monoisotopic (exact) mass is 225 g/mol. The number of anilines is 1. The van der Waals surface area contributed by atoms with E-state index in [2.05, 4.69) is 15.3 Å². The van der Waals surface area contributed by atoms with Gasteiger partial charge < -0.3 is 5.32 Å². The van der Waals surface area contributed by atoms with Crippen LogP contribution < -0.4 is 5.32 Å². The van der Waals surface area contributed by atoms with Gasteiger partial charge in [-0.05, 0) is 25.7 Å². The van der Waals surface area contributed by atoms with E-state index in [0.29, 0.717) is 5.15 Å². The Hall–Kier alpha value is -0.830. The number of aryl methyl sites for hydroxylation is 1. The zero-order chi connectivity index (χ0) is 10.8. The van der Waals surface area contributed by atoms with Crippen LogP contribution in [-0.4, -0.2) is 16.5 Å². The second kappa shape index (κ2) is 4.35. The lowest BCUT2D eigenvalue weighted by Gasteiger charge is -2.10. The molecule has 15 heavy (non-hydrogen) atoms. The molecule has 0 unspecified atom stereocenters. The summed E-state index contributed by atoms with van der Waals surface area (Å²) in [7, 11) is 0. The Kier molecular flexibility index (Phi) is 3.10. The Balaban J connectivity index is 2.15. The molecule has 82 valence electrons. The third kappa shape index (κ3) is 2.59. The van der Waals surface area contributed by atoms with Crippen molar-refractivity contribution in [3.63, 3.8) is 0 Å². The first-order valence-corrected chi connectivity index (χ1v) is 5.85. The highest BCUT2D eigenvalue weighted by atomic mass is 35.5. The van der Waals surface area contributed by atoms with E-state index < -0.39 is 0 Å². The second-order valence-corrected chi connectivity index (χ2v) is 4.44. The number of rotatable bonds is 4. The molecule has 1 aliphatic carbocycles. The zero-order valence-electron chi connectivity index (χ0n) is 9.18. The number of nitrogens with one attached hydrogen (secondary N) is 1. The molecule has 1 N–H and O–H groups in total. The third-order valence-corrected chi connectivity index (χ3v) is 3.07. The van der Waals surface area contributed by atoms with Gasteiger partial charge in [0.25, 0.3) is 0 Å². The van der Waals surface area contributed by atoms with E-state index in [1.165, 1.54) is 12.8 Å². The molecule has 3 nitrogen and oxygen atoms in total.